The number of ether oxygens (including phenoxy) is 1. The minimum atomic E-state index is -0.535. The van der Waals surface area contributed by atoms with Crippen molar-refractivity contribution in [3.8, 4) is 5.75 Å². The average molecular weight is 264 g/mol. The van der Waals surface area contributed by atoms with Crippen molar-refractivity contribution in [1.29, 1.82) is 0 Å². The fourth-order valence-corrected chi connectivity index (χ4v) is 1.76. The van der Waals surface area contributed by atoms with Crippen LogP contribution in [0.3, 0.4) is 0 Å². The predicted octanol–water partition coefficient (Wildman–Crippen LogP) is 2.39. The first-order chi connectivity index (χ1) is 8.95. The number of hydrogen-bond acceptors (Lipinski definition) is 3. The van der Waals surface area contributed by atoms with Gasteiger partial charge in [-0.1, -0.05) is 25.1 Å². The molecule has 0 aromatic heterocycles. The topological polar surface area (TPSA) is 64.3 Å². The molecule has 0 aliphatic heterocycles. The van der Waals surface area contributed by atoms with Gasteiger partial charge in [-0.25, -0.2) is 0 Å². The molecule has 0 fully saturated rings. The van der Waals surface area contributed by atoms with Gasteiger partial charge in [0.05, 0.1) is 0 Å². The van der Waals surface area contributed by atoms with Crippen molar-refractivity contribution in [3.63, 3.8) is 0 Å². The molecule has 106 valence electrons. The minimum Gasteiger partial charge on any atom is -0.481 e. The molecule has 0 radical (unpaired) electrons. The van der Waals surface area contributed by atoms with E-state index in [1.165, 1.54) is 0 Å². The summed E-state index contributed by atoms with van der Waals surface area (Å²) >= 11 is 0. The van der Waals surface area contributed by atoms with Crippen LogP contribution < -0.4 is 15.8 Å². The van der Waals surface area contributed by atoms with E-state index in [2.05, 4.69) is 5.32 Å². The lowest BCUT2D eigenvalue weighted by Crippen LogP contribution is -2.40. The Labute approximate surface area is 115 Å². The summed E-state index contributed by atoms with van der Waals surface area (Å²) in [7, 11) is 0. The lowest BCUT2D eigenvalue weighted by molar-refractivity contribution is -0.127. The van der Waals surface area contributed by atoms with E-state index in [1.807, 2.05) is 45.0 Å². The Bertz CT molecular complexity index is 418. The van der Waals surface area contributed by atoms with E-state index in [0.717, 1.165) is 12.0 Å². The van der Waals surface area contributed by atoms with Crippen LogP contribution in [0, 0.1) is 0 Å². The fraction of sp³-hybridized carbons (Fsp3) is 0.533. The maximum Gasteiger partial charge on any atom is 0.260 e. The molecule has 0 bridgehead atoms. The van der Waals surface area contributed by atoms with Gasteiger partial charge in [-0.2, -0.15) is 0 Å². The van der Waals surface area contributed by atoms with Gasteiger partial charge in [0, 0.05) is 17.6 Å². The van der Waals surface area contributed by atoms with Crippen molar-refractivity contribution >= 4 is 5.91 Å². The van der Waals surface area contributed by atoms with Gasteiger partial charge < -0.3 is 15.8 Å². The first kappa shape index (κ1) is 15.5. The van der Waals surface area contributed by atoms with Gasteiger partial charge in [-0.3, -0.25) is 4.79 Å². The van der Waals surface area contributed by atoms with Crippen molar-refractivity contribution in [2.24, 2.45) is 5.73 Å². The summed E-state index contributed by atoms with van der Waals surface area (Å²) < 4.78 is 5.74. The number of carbonyl (C=O) groups excluding carboxylic acids is 1. The number of rotatable bonds is 6. The maximum absolute atomic E-state index is 11.8. The maximum atomic E-state index is 11.8. The summed E-state index contributed by atoms with van der Waals surface area (Å²) in [6, 6.07) is 7.63. The number of benzene rings is 1. The molecule has 0 saturated carbocycles. The van der Waals surface area contributed by atoms with Gasteiger partial charge in [0.25, 0.3) is 5.91 Å². The van der Waals surface area contributed by atoms with Gasteiger partial charge in [0.1, 0.15) is 5.75 Å². The quantitative estimate of drug-likeness (QED) is 0.829. The number of amides is 1. The Kier molecular flexibility index (Phi) is 5.83. The Balaban J connectivity index is 2.79. The molecule has 1 unspecified atom stereocenters. The van der Waals surface area contributed by atoms with Crippen LogP contribution >= 0.6 is 0 Å². The van der Waals surface area contributed by atoms with E-state index in [-0.39, 0.29) is 18.0 Å². The molecular weight excluding hydrogens is 240 g/mol. The van der Waals surface area contributed by atoms with Crippen LogP contribution in [-0.4, -0.2) is 18.1 Å². The zero-order chi connectivity index (χ0) is 14.4. The summed E-state index contributed by atoms with van der Waals surface area (Å²) in [5, 5.41) is 2.83. The number of para-hydroxylation sites is 1. The lowest BCUT2D eigenvalue weighted by atomic mass is 10.0. The van der Waals surface area contributed by atoms with Crippen LogP contribution in [0.25, 0.3) is 0 Å². The van der Waals surface area contributed by atoms with Gasteiger partial charge in [0.2, 0.25) is 0 Å². The van der Waals surface area contributed by atoms with Crippen LogP contribution in [0.1, 0.15) is 45.7 Å². The van der Waals surface area contributed by atoms with E-state index in [1.54, 1.807) is 6.92 Å². The van der Waals surface area contributed by atoms with Crippen molar-refractivity contribution in [3.05, 3.63) is 29.8 Å². The fourth-order valence-electron chi connectivity index (χ4n) is 1.76. The molecule has 19 heavy (non-hydrogen) atoms. The molecule has 0 saturated heterocycles. The largest absolute Gasteiger partial charge is 0.481 e. The second-order valence-electron chi connectivity index (χ2n) is 4.98. The number of nitrogens with two attached hydrogens (primary N) is 1. The lowest BCUT2D eigenvalue weighted by Gasteiger charge is -2.20. The van der Waals surface area contributed by atoms with Gasteiger partial charge in [-0.05, 0) is 33.3 Å². The predicted molar refractivity (Wildman–Crippen MR) is 77.0 cm³/mol. The average Bonchev–Trinajstić information content (AvgIpc) is 2.37. The Hall–Kier alpha value is -1.55. The van der Waals surface area contributed by atoms with Crippen molar-refractivity contribution in [2.45, 2.75) is 52.3 Å². The molecular formula is C15H24N2O2. The second-order valence-corrected chi connectivity index (χ2v) is 4.98. The summed E-state index contributed by atoms with van der Waals surface area (Å²) in [6.45, 7) is 7.61. The van der Waals surface area contributed by atoms with Gasteiger partial charge >= 0.3 is 0 Å². The normalized spacial score (nSPS) is 14.0. The zero-order valence-electron chi connectivity index (χ0n) is 12.1. The van der Waals surface area contributed by atoms with Gasteiger partial charge in [0.15, 0.2) is 6.10 Å². The number of carbonyl (C=O) groups is 1. The standard InChI is InChI=1S/C15H24N2O2/c1-5-13(16)12-8-6-7-9-14(12)19-11(4)15(18)17-10(2)3/h6-11,13H,5,16H2,1-4H3,(H,17,18)/t11?,13-/m1/s1. The molecule has 1 rings (SSSR count). The molecule has 1 amide bonds. The highest BCUT2D eigenvalue weighted by Gasteiger charge is 2.18. The molecule has 0 spiro atoms. The molecule has 4 nitrogen and oxygen atoms in total. The molecule has 1 aromatic rings. The van der Waals surface area contributed by atoms with Crippen LogP contribution in [0.5, 0.6) is 5.75 Å². The number of hydrogen-bond donors (Lipinski definition) is 2. The van der Waals surface area contributed by atoms with E-state index in [0.29, 0.717) is 5.75 Å². The van der Waals surface area contributed by atoms with E-state index in [4.69, 9.17) is 10.5 Å². The third kappa shape index (κ3) is 4.56. The molecule has 0 aliphatic rings. The van der Waals surface area contributed by atoms with Crippen molar-refractivity contribution in [1.82, 2.24) is 5.32 Å². The minimum absolute atomic E-state index is 0.0726. The van der Waals surface area contributed by atoms with Crippen molar-refractivity contribution in [2.75, 3.05) is 0 Å². The van der Waals surface area contributed by atoms with Gasteiger partial charge in [-0.15, -0.1) is 0 Å². The van der Waals surface area contributed by atoms with E-state index >= 15 is 0 Å². The second kappa shape index (κ2) is 7.14. The summed E-state index contributed by atoms with van der Waals surface area (Å²) in [6.07, 6.45) is 0.292. The van der Waals surface area contributed by atoms with Crippen LogP contribution in [-0.2, 0) is 4.79 Å². The monoisotopic (exact) mass is 264 g/mol. The number of nitrogens with one attached hydrogen (secondary N) is 1. The molecule has 1 aromatic carbocycles. The van der Waals surface area contributed by atoms with Crippen molar-refractivity contribution < 1.29 is 9.53 Å². The Morgan fingerprint density at radius 3 is 2.53 bits per heavy atom. The van der Waals surface area contributed by atoms with Crippen LogP contribution in [0.4, 0.5) is 0 Å². The molecule has 4 heteroatoms. The third-order valence-electron chi connectivity index (χ3n) is 2.86. The molecule has 2 atom stereocenters. The summed E-state index contributed by atoms with van der Waals surface area (Å²) in [5.41, 5.74) is 6.99. The first-order valence-electron chi connectivity index (χ1n) is 6.77. The SMILES string of the molecule is CC[C@@H](N)c1ccccc1OC(C)C(=O)NC(C)C. The summed E-state index contributed by atoms with van der Waals surface area (Å²) in [4.78, 5) is 11.8. The van der Waals surface area contributed by atoms with E-state index in [9.17, 15) is 4.79 Å². The third-order valence-corrected chi connectivity index (χ3v) is 2.86. The zero-order valence-corrected chi connectivity index (χ0v) is 12.1. The highest BCUT2D eigenvalue weighted by molar-refractivity contribution is 5.80. The smallest absolute Gasteiger partial charge is 0.260 e. The highest BCUT2D eigenvalue weighted by Crippen LogP contribution is 2.26. The first-order valence-corrected chi connectivity index (χ1v) is 6.77. The highest BCUT2D eigenvalue weighted by atomic mass is 16.5. The van der Waals surface area contributed by atoms with Crippen LogP contribution in [0.2, 0.25) is 0 Å². The van der Waals surface area contributed by atoms with E-state index < -0.39 is 6.10 Å². The Morgan fingerprint density at radius 2 is 1.95 bits per heavy atom. The summed E-state index contributed by atoms with van der Waals surface area (Å²) in [5.74, 6) is 0.568. The molecule has 0 aliphatic carbocycles. The Morgan fingerprint density at radius 1 is 1.32 bits per heavy atom. The molecule has 3 N–H and O–H groups in total. The molecule has 0 heterocycles. The van der Waals surface area contributed by atoms with Crippen LogP contribution in [0.15, 0.2) is 24.3 Å².